The van der Waals surface area contributed by atoms with E-state index in [2.05, 4.69) is 47.2 Å². The maximum absolute atomic E-state index is 12.9. The summed E-state index contributed by atoms with van der Waals surface area (Å²) >= 11 is 2.07. The molecule has 0 saturated heterocycles. The number of amides is 2. The van der Waals surface area contributed by atoms with E-state index in [1.165, 1.54) is 0 Å². The summed E-state index contributed by atoms with van der Waals surface area (Å²) in [7, 11) is -1.31. The summed E-state index contributed by atoms with van der Waals surface area (Å²) in [5.41, 5.74) is 5.55. The minimum atomic E-state index is -1.31. The molecule has 0 fully saturated rings. The van der Waals surface area contributed by atoms with Gasteiger partial charge in [0.1, 0.15) is 11.2 Å². The van der Waals surface area contributed by atoms with Gasteiger partial charge in [-0.25, -0.2) is 19.3 Å². The number of aliphatic imine (C=N–C) groups is 1. The number of rotatable bonds is 6. The highest BCUT2D eigenvalue weighted by Gasteiger charge is 2.27. The molecule has 196 valence electrons. The van der Waals surface area contributed by atoms with Gasteiger partial charge in [-0.05, 0) is 87.9 Å². The molecule has 9 nitrogen and oxygen atoms in total. The highest BCUT2D eigenvalue weighted by atomic mass is 127. The lowest BCUT2D eigenvalue weighted by atomic mass is 10.1. The summed E-state index contributed by atoms with van der Waals surface area (Å²) in [6.45, 7) is 17.2. The number of benzene rings is 1. The lowest BCUT2D eigenvalue weighted by Crippen LogP contribution is -2.45. The Morgan fingerprint density at radius 2 is 1.60 bits per heavy atom. The van der Waals surface area contributed by atoms with Gasteiger partial charge in [-0.15, -0.1) is 4.99 Å². The largest absolute Gasteiger partial charge is 0.462 e. The van der Waals surface area contributed by atoms with Crippen LogP contribution in [0, 0.1) is 3.57 Å². The third kappa shape index (κ3) is 12.4. The van der Waals surface area contributed by atoms with Crippen molar-refractivity contribution >= 4 is 54.8 Å². The highest BCUT2D eigenvalue weighted by molar-refractivity contribution is 14.1. The second-order valence-corrected chi connectivity index (χ2v) is 18.1. The van der Waals surface area contributed by atoms with E-state index < -0.39 is 37.4 Å². The van der Waals surface area contributed by atoms with Crippen molar-refractivity contribution in [3.8, 4) is 0 Å². The average Bonchev–Trinajstić information content (AvgIpc) is 2.62. The molecular weight excluding hydrogens is 581 g/mol. The summed E-state index contributed by atoms with van der Waals surface area (Å²) < 4.78 is 16.7. The second-order valence-electron chi connectivity index (χ2n) is 11.3. The molecule has 2 N–H and O–H groups in total. The SMILES string of the molecule is CC(C)(C)OC(=O)/N=C(\N)N(Cc1ccc(C(=O)OCC[Si](C)(C)C)cc1I)C(=O)OC(C)(C)C. The maximum Gasteiger partial charge on any atom is 0.437 e. The fourth-order valence-electron chi connectivity index (χ4n) is 2.50. The molecule has 0 radical (unpaired) electrons. The molecule has 1 aromatic carbocycles. The fourth-order valence-corrected chi connectivity index (χ4v) is 3.90. The van der Waals surface area contributed by atoms with Crippen LogP contribution in [-0.4, -0.2) is 54.9 Å². The molecule has 0 aliphatic rings. The summed E-state index contributed by atoms with van der Waals surface area (Å²) in [4.78, 5) is 42.2. The number of carbonyl (C=O) groups excluding carboxylic acids is 3. The van der Waals surface area contributed by atoms with Gasteiger partial charge in [0.25, 0.3) is 0 Å². The third-order valence-corrected chi connectivity index (χ3v) is 6.90. The van der Waals surface area contributed by atoms with Crippen LogP contribution in [0.5, 0.6) is 0 Å². The average molecular weight is 620 g/mol. The summed E-state index contributed by atoms with van der Waals surface area (Å²) in [6, 6.07) is 5.90. The van der Waals surface area contributed by atoms with Crippen molar-refractivity contribution in [3.05, 3.63) is 32.9 Å². The topological polar surface area (TPSA) is 121 Å². The Balaban J connectivity index is 3.13. The number of hydrogen-bond acceptors (Lipinski definition) is 6. The molecule has 1 aromatic rings. The molecule has 35 heavy (non-hydrogen) atoms. The maximum atomic E-state index is 12.9. The van der Waals surface area contributed by atoms with Gasteiger partial charge >= 0.3 is 18.2 Å². The van der Waals surface area contributed by atoms with Crippen molar-refractivity contribution in [1.82, 2.24) is 4.90 Å². The normalized spacial score (nSPS) is 12.7. The van der Waals surface area contributed by atoms with Gasteiger partial charge in [0.2, 0.25) is 5.96 Å². The second kappa shape index (κ2) is 12.2. The van der Waals surface area contributed by atoms with Gasteiger partial charge < -0.3 is 19.9 Å². The Bertz CT molecular complexity index is 961. The molecule has 0 heterocycles. The van der Waals surface area contributed by atoms with Crippen LogP contribution < -0.4 is 5.73 Å². The number of nitrogens with two attached hydrogens (primary N) is 1. The van der Waals surface area contributed by atoms with Crippen LogP contribution in [0.4, 0.5) is 9.59 Å². The first-order chi connectivity index (χ1) is 15.8. The van der Waals surface area contributed by atoms with Crippen LogP contribution in [0.3, 0.4) is 0 Å². The minimum Gasteiger partial charge on any atom is -0.462 e. The molecule has 2 amide bonds. The van der Waals surface area contributed by atoms with Gasteiger partial charge in [-0.1, -0.05) is 25.7 Å². The van der Waals surface area contributed by atoms with Crippen molar-refractivity contribution < 1.29 is 28.6 Å². The Morgan fingerprint density at radius 1 is 1.03 bits per heavy atom. The minimum absolute atomic E-state index is 0.0315. The van der Waals surface area contributed by atoms with E-state index in [0.29, 0.717) is 21.3 Å². The smallest absolute Gasteiger partial charge is 0.437 e. The van der Waals surface area contributed by atoms with Gasteiger partial charge in [-0.2, -0.15) is 0 Å². The predicted molar refractivity (Wildman–Crippen MR) is 147 cm³/mol. The molecule has 0 unspecified atom stereocenters. The zero-order valence-corrected chi connectivity index (χ0v) is 25.3. The third-order valence-electron chi connectivity index (χ3n) is 4.19. The first kappa shape index (κ1) is 30.9. The van der Waals surface area contributed by atoms with E-state index in [1.807, 2.05) is 0 Å². The predicted octanol–water partition coefficient (Wildman–Crippen LogP) is 5.77. The zero-order valence-electron chi connectivity index (χ0n) is 22.2. The van der Waals surface area contributed by atoms with E-state index in [4.69, 9.17) is 19.9 Å². The molecule has 0 aliphatic heterocycles. The van der Waals surface area contributed by atoms with Gasteiger partial charge in [0.15, 0.2) is 0 Å². The number of hydrogen-bond donors (Lipinski definition) is 1. The first-order valence-electron chi connectivity index (χ1n) is 11.3. The summed E-state index contributed by atoms with van der Waals surface area (Å²) in [6.07, 6.45) is -1.69. The number of esters is 1. The molecule has 0 spiro atoms. The summed E-state index contributed by atoms with van der Waals surface area (Å²) in [5.74, 6) is -0.762. The summed E-state index contributed by atoms with van der Waals surface area (Å²) in [5, 5.41) is 0. The number of carbonyl (C=O) groups is 3. The molecule has 0 saturated carbocycles. The van der Waals surface area contributed by atoms with E-state index in [9.17, 15) is 14.4 Å². The van der Waals surface area contributed by atoms with Crippen molar-refractivity contribution in [1.29, 1.82) is 0 Å². The van der Waals surface area contributed by atoms with Crippen molar-refractivity contribution in [3.63, 3.8) is 0 Å². The molecule has 0 atom stereocenters. The van der Waals surface area contributed by atoms with Crippen molar-refractivity contribution in [2.24, 2.45) is 10.7 Å². The van der Waals surface area contributed by atoms with Crippen LogP contribution in [-0.2, 0) is 20.8 Å². The molecular formula is C24H38IN3O6Si. The van der Waals surface area contributed by atoms with E-state index in [1.54, 1.807) is 59.7 Å². The molecule has 0 aliphatic carbocycles. The van der Waals surface area contributed by atoms with Crippen LogP contribution in [0.2, 0.25) is 25.7 Å². The Kier molecular flexibility index (Phi) is 10.8. The van der Waals surface area contributed by atoms with Gasteiger partial charge in [0, 0.05) is 11.6 Å². The van der Waals surface area contributed by atoms with Crippen LogP contribution >= 0.6 is 22.6 Å². The lowest BCUT2D eigenvalue weighted by Gasteiger charge is -2.27. The quantitative estimate of drug-likeness (QED) is 0.107. The Hall–Kier alpha value is -2.15. The number of nitrogens with zero attached hydrogens (tertiary/aromatic N) is 2. The monoisotopic (exact) mass is 619 g/mol. The number of guanidine groups is 1. The number of ether oxygens (including phenoxy) is 3. The van der Waals surface area contributed by atoms with E-state index in [0.717, 1.165) is 10.9 Å². The standard InChI is InChI=1S/C24H38IN3O6Si/c1-23(2,3)33-21(30)27-20(26)28(22(31)34-24(4,5)6)15-17-11-10-16(14-18(17)25)19(29)32-12-13-35(7,8)9/h10-11,14H,12-13,15H2,1-9H3,(H2,26,27,30). The number of halogens is 1. The van der Waals surface area contributed by atoms with Crippen LogP contribution in [0.25, 0.3) is 0 Å². The van der Waals surface area contributed by atoms with Crippen molar-refractivity contribution in [2.45, 2.75) is 85.0 Å². The van der Waals surface area contributed by atoms with Crippen LogP contribution in [0.1, 0.15) is 57.5 Å². The highest BCUT2D eigenvalue weighted by Crippen LogP contribution is 2.20. The lowest BCUT2D eigenvalue weighted by molar-refractivity contribution is 0.0354. The van der Waals surface area contributed by atoms with E-state index >= 15 is 0 Å². The molecule has 11 heteroatoms. The first-order valence-corrected chi connectivity index (χ1v) is 16.1. The Labute approximate surface area is 222 Å². The fraction of sp³-hybridized carbons (Fsp3) is 0.583. The van der Waals surface area contributed by atoms with E-state index in [-0.39, 0.29) is 12.5 Å². The zero-order chi connectivity index (χ0) is 27.2. The van der Waals surface area contributed by atoms with Gasteiger partial charge in [-0.3, -0.25) is 0 Å². The Morgan fingerprint density at radius 3 is 2.09 bits per heavy atom. The molecule has 0 bridgehead atoms. The van der Waals surface area contributed by atoms with Crippen molar-refractivity contribution in [2.75, 3.05) is 6.61 Å². The van der Waals surface area contributed by atoms with Gasteiger partial charge in [0.05, 0.1) is 18.7 Å². The van der Waals surface area contributed by atoms with Crippen LogP contribution in [0.15, 0.2) is 23.2 Å². The molecule has 1 rings (SSSR count). The molecule has 0 aromatic heterocycles.